The van der Waals surface area contributed by atoms with Gasteiger partial charge in [-0.2, -0.15) is 0 Å². The van der Waals surface area contributed by atoms with E-state index in [1.807, 2.05) is 12.2 Å². The summed E-state index contributed by atoms with van der Waals surface area (Å²) in [5.74, 6) is -0.747. The molecule has 1 aliphatic rings. The van der Waals surface area contributed by atoms with Crippen molar-refractivity contribution in [1.82, 2.24) is 5.32 Å². The molecule has 1 aliphatic carbocycles. The zero-order chi connectivity index (χ0) is 12.2. The van der Waals surface area contributed by atoms with Crippen molar-refractivity contribution in [2.75, 3.05) is 6.54 Å². The molecule has 16 heavy (non-hydrogen) atoms. The first kappa shape index (κ1) is 12.7. The molecule has 0 bridgehead atoms. The third-order valence-corrected chi connectivity index (χ3v) is 3.01. The minimum atomic E-state index is -0.829. The average molecular weight is 225 g/mol. The number of carbonyl (C=O) groups is 2. The van der Waals surface area contributed by atoms with E-state index >= 15 is 0 Å². The monoisotopic (exact) mass is 225 g/mol. The van der Waals surface area contributed by atoms with Crippen LogP contribution in [0.15, 0.2) is 12.2 Å². The molecule has 4 heteroatoms. The summed E-state index contributed by atoms with van der Waals surface area (Å²) >= 11 is 0. The van der Waals surface area contributed by atoms with Crippen molar-refractivity contribution in [3.8, 4) is 0 Å². The molecule has 0 saturated carbocycles. The van der Waals surface area contributed by atoms with Gasteiger partial charge >= 0.3 is 5.97 Å². The molecule has 0 aromatic heterocycles. The van der Waals surface area contributed by atoms with Gasteiger partial charge in [-0.3, -0.25) is 9.59 Å². The maximum Gasteiger partial charge on any atom is 0.309 e. The largest absolute Gasteiger partial charge is 0.481 e. The molecular weight excluding hydrogens is 206 g/mol. The second-order valence-corrected chi connectivity index (χ2v) is 4.87. The molecular formula is C12H19NO3. The standard InChI is InChI=1S/C12H19NO3/c1-12(2,11(15)16)7-8-13-10(14)9-5-3-4-6-9/h3-4,9H,5-8H2,1-2H3,(H,13,14)(H,15,16). The molecule has 0 aromatic carbocycles. The average Bonchev–Trinajstić information content (AvgIpc) is 2.69. The van der Waals surface area contributed by atoms with Crippen LogP contribution in [-0.2, 0) is 9.59 Å². The first-order chi connectivity index (χ1) is 7.43. The lowest BCUT2D eigenvalue weighted by Crippen LogP contribution is -2.34. The highest BCUT2D eigenvalue weighted by atomic mass is 16.4. The van der Waals surface area contributed by atoms with E-state index in [0.29, 0.717) is 13.0 Å². The van der Waals surface area contributed by atoms with E-state index in [-0.39, 0.29) is 11.8 Å². The summed E-state index contributed by atoms with van der Waals surface area (Å²) in [6.07, 6.45) is 6.06. The molecule has 1 amide bonds. The molecule has 0 radical (unpaired) electrons. The minimum Gasteiger partial charge on any atom is -0.481 e. The molecule has 90 valence electrons. The van der Waals surface area contributed by atoms with Crippen molar-refractivity contribution in [2.24, 2.45) is 11.3 Å². The van der Waals surface area contributed by atoms with Crippen LogP contribution in [0.2, 0.25) is 0 Å². The molecule has 0 unspecified atom stereocenters. The fourth-order valence-electron chi connectivity index (χ4n) is 1.58. The van der Waals surface area contributed by atoms with Gasteiger partial charge in [-0.1, -0.05) is 12.2 Å². The Hall–Kier alpha value is -1.32. The highest BCUT2D eigenvalue weighted by Crippen LogP contribution is 2.20. The lowest BCUT2D eigenvalue weighted by Gasteiger charge is -2.19. The van der Waals surface area contributed by atoms with Gasteiger partial charge in [0.25, 0.3) is 0 Å². The van der Waals surface area contributed by atoms with Crippen molar-refractivity contribution in [1.29, 1.82) is 0 Å². The van der Waals surface area contributed by atoms with Crippen LogP contribution < -0.4 is 5.32 Å². The van der Waals surface area contributed by atoms with Crippen molar-refractivity contribution in [3.05, 3.63) is 12.2 Å². The van der Waals surface area contributed by atoms with E-state index in [0.717, 1.165) is 12.8 Å². The highest BCUT2D eigenvalue weighted by molar-refractivity contribution is 5.79. The van der Waals surface area contributed by atoms with Crippen LogP contribution in [0.5, 0.6) is 0 Å². The highest BCUT2D eigenvalue weighted by Gasteiger charge is 2.27. The Bertz CT molecular complexity index is 299. The van der Waals surface area contributed by atoms with Crippen LogP contribution in [0.3, 0.4) is 0 Å². The van der Waals surface area contributed by atoms with Crippen molar-refractivity contribution in [2.45, 2.75) is 33.1 Å². The summed E-state index contributed by atoms with van der Waals surface area (Å²) < 4.78 is 0. The third-order valence-electron chi connectivity index (χ3n) is 3.01. The molecule has 0 saturated heterocycles. The predicted molar refractivity (Wildman–Crippen MR) is 60.9 cm³/mol. The predicted octanol–water partition coefficient (Wildman–Crippen LogP) is 1.57. The Balaban J connectivity index is 2.25. The Morgan fingerprint density at radius 1 is 1.38 bits per heavy atom. The molecule has 0 atom stereocenters. The lowest BCUT2D eigenvalue weighted by molar-refractivity contribution is -0.147. The number of carbonyl (C=O) groups excluding carboxylic acids is 1. The van der Waals surface area contributed by atoms with E-state index in [9.17, 15) is 9.59 Å². The molecule has 0 spiro atoms. The number of rotatable bonds is 5. The fourth-order valence-corrected chi connectivity index (χ4v) is 1.58. The van der Waals surface area contributed by atoms with Gasteiger partial charge in [-0.05, 0) is 33.1 Å². The number of hydrogen-bond acceptors (Lipinski definition) is 2. The van der Waals surface area contributed by atoms with Gasteiger partial charge in [0.05, 0.1) is 5.41 Å². The van der Waals surface area contributed by atoms with Crippen molar-refractivity contribution >= 4 is 11.9 Å². The number of allylic oxidation sites excluding steroid dienone is 2. The Kier molecular flexibility index (Phi) is 4.10. The van der Waals surface area contributed by atoms with E-state index in [4.69, 9.17) is 5.11 Å². The van der Waals surface area contributed by atoms with Gasteiger partial charge in [0.15, 0.2) is 0 Å². The summed E-state index contributed by atoms with van der Waals surface area (Å²) in [5, 5.41) is 11.7. The molecule has 1 rings (SSSR count). The van der Waals surface area contributed by atoms with Crippen LogP contribution in [0.1, 0.15) is 33.1 Å². The fraction of sp³-hybridized carbons (Fsp3) is 0.667. The van der Waals surface area contributed by atoms with Gasteiger partial charge in [0, 0.05) is 12.5 Å². The van der Waals surface area contributed by atoms with E-state index in [2.05, 4.69) is 5.32 Å². The molecule has 0 aliphatic heterocycles. The number of hydrogen-bond donors (Lipinski definition) is 2. The van der Waals surface area contributed by atoms with Crippen LogP contribution in [0.25, 0.3) is 0 Å². The van der Waals surface area contributed by atoms with Gasteiger partial charge in [0.1, 0.15) is 0 Å². The van der Waals surface area contributed by atoms with E-state index in [1.165, 1.54) is 0 Å². The van der Waals surface area contributed by atoms with Crippen molar-refractivity contribution < 1.29 is 14.7 Å². The number of nitrogens with one attached hydrogen (secondary N) is 1. The zero-order valence-corrected chi connectivity index (χ0v) is 9.82. The smallest absolute Gasteiger partial charge is 0.309 e. The van der Waals surface area contributed by atoms with Gasteiger partial charge in [0.2, 0.25) is 5.91 Å². The Morgan fingerprint density at radius 3 is 2.44 bits per heavy atom. The maximum absolute atomic E-state index is 11.6. The Labute approximate surface area is 95.7 Å². The molecule has 2 N–H and O–H groups in total. The second kappa shape index (κ2) is 5.14. The zero-order valence-electron chi connectivity index (χ0n) is 9.82. The van der Waals surface area contributed by atoms with E-state index in [1.54, 1.807) is 13.8 Å². The van der Waals surface area contributed by atoms with Crippen LogP contribution in [0.4, 0.5) is 0 Å². The van der Waals surface area contributed by atoms with Crippen LogP contribution in [-0.4, -0.2) is 23.5 Å². The summed E-state index contributed by atoms with van der Waals surface area (Å²) in [7, 11) is 0. The number of carboxylic acids is 1. The van der Waals surface area contributed by atoms with Gasteiger partial charge < -0.3 is 10.4 Å². The maximum atomic E-state index is 11.6. The number of aliphatic carboxylic acids is 1. The van der Waals surface area contributed by atoms with E-state index < -0.39 is 11.4 Å². The molecule has 0 heterocycles. The van der Waals surface area contributed by atoms with Crippen LogP contribution in [0, 0.1) is 11.3 Å². The summed E-state index contributed by atoms with van der Waals surface area (Å²) in [6.45, 7) is 3.76. The summed E-state index contributed by atoms with van der Waals surface area (Å²) in [4.78, 5) is 22.4. The Morgan fingerprint density at radius 2 is 1.94 bits per heavy atom. The van der Waals surface area contributed by atoms with Gasteiger partial charge in [-0.15, -0.1) is 0 Å². The number of amides is 1. The summed E-state index contributed by atoms with van der Waals surface area (Å²) in [6, 6.07) is 0. The third kappa shape index (κ3) is 3.36. The summed E-state index contributed by atoms with van der Waals surface area (Å²) in [5.41, 5.74) is -0.777. The SMILES string of the molecule is CC(C)(CCNC(=O)C1CC=CC1)C(=O)O. The van der Waals surface area contributed by atoms with Gasteiger partial charge in [-0.25, -0.2) is 0 Å². The minimum absolute atomic E-state index is 0.0335. The topological polar surface area (TPSA) is 66.4 Å². The quantitative estimate of drug-likeness (QED) is 0.698. The lowest BCUT2D eigenvalue weighted by atomic mass is 9.89. The van der Waals surface area contributed by atoms with Crippen LogP contribution >= 0.6 is 0 Å². The normalized spacial score (nSPS) is 16.4. The number of carboxylic acid groups (broad SMARTS) is 1. The van der Waals surface area contributed by atoms with Crippen molar-refractivity contribution in [3.63, 3.8) is 0 Å². The second-order valence-electron chi connectivity index (χ2n) is 4.87. The molecule has 0 aromatic rings. The first-order valence-corrected chi connectivity index (χ1v) is 5.59. The molecule has 4 nitrogen and oxygen atoms in total. The first-order valence-electron chi connectivity index (χ1n) is 5.59. The molecule has 0 fully saturated rings.